The number of hydrogen-bond donors (Lipinski definition) is 1. The van der Waals surface area contributed by atoms with Crippen LogP contribution in [-0.2, 0) is 32.6 Å². The van der Waals surface area contributed by atoms with Gasteiger partial charge in [-0.1, -0.05) is 12.1 Å². The summed E-state index contributed by atoms with van der Waals surface area (Å²) in [7, 11) is -2.06. The maximum absolute atomic E-state index is 13.3. The van der Waals surface area contributed by atoms with Crippen molar-refractivity contribution in [2.75, 3.05) is 31.6 Å². The Hall–Kier alpha value is -2.91. The first-order valence-electron chi connectivity index (χ1n) is 11.6. The van der Waals surface area contributed by atoms with Crippen LogP contribution in [0.25, 0.3) is 0 Å². The van der Waals surface area contributed by atoms with Crippen LogP contribution in [0.2, 0.25) is 0 Å². The molecule has 2 aromatic carbocycles. The van der Waals surface area contributed by atoms with Crippen molar-refractivity contribution in [3.8, 4) is 5.75 Å². The first-order chi connectivity index (χ1) is 16.3. The lowest BCUT2D eigenvalue weighted by Crippen LogP contribution is -2.43. The van der Waals surface area contributed by atoms with Crippen LogP contribution in [0.4, 0.5) is 5.69 Å². The van der Waals surface area contributed by atoms with Crippen LogP contribution in [0.5, 0.6) is 5.75 Å². The van der Waals surface area contributed by atoms with Crippen molar-refractivity contribution >= 4 is 27.5 Å². The first kappa shape index (κ1) is 24.2. The second-order valence-electron chi connectivity index (χ2n) is 8.81. The maximum Gasteiger partial charge on any atom is 0.243 e. The van der Waals surface area contributed by atoms with Gasteiger partial charge in [0.25, 0.3) is 0 Å². The molecule has 9 heteroatoms. The van der Waals surface area contributed by atoms with Crippen molar-refractivity contribution in [2.24, 2.45) is 5.92 Å². The molecule has 0 unspecified atom stereocenters. The predicted molar refractivity (Wildman–Crippen MR) is 129 cm³/mol. The molecule has 0 aliphatic carbocycles. The zero-order chi connectivity index (χ0) is 24.3. The van der Waals surface area contributed by atoms with Crippen molar-refractivity contribution in [1.82, 2.24) is 9.62 Å². The van der Waals surface area contributed by atoms with Gasteiger partial charge in [0.1, 0.15) is 5.75 Å². The third-order valence-electron chi connectivity index (χ3n) is 6.61. The monoisotopic (exact) mass is 485 g/mol. The number of piperidine rings is 1. The van der Waals surface area contributed by atoms with Crippen LogP contribution in [-0.4, -0.2) is 51.3 Å². The molecule has 0 aromatic heterocycles. The van der Waals surface area contributed by atoms with Gasteiger partial charge in [0.05, 0.1) is 12.0 Å². The lowest BCUT2D eigenvalue weighted by atomic mass is 9.97. The Balaban J connectivity index is 1.37. The minimum atomic E-state index is -3.66. The number of methoxy groups -OCH3 is 1. The van der Waals surface area contributed by atoms with Gasteiger partial charge in [-0.2, -0.15) is 4.31 Å². The van der Waals surface area contributed by atoms with Gasteiger partial charge in [0.2, 0.25) is 21.8 Å². The Morgan fingerprint density at radius 2 is 1.85 bits per heavy atom. The van der Waals surface area contributed by atoms with E-state index < -0.39 is 10.0 Å². The standard InChI is InChI=1S/C25H31N3O5S/c1-18(29)28-12-4-6-21-16-23(8-9-24(21)28)34(31,32)27-13-10-20(11-14-27)25(30)26-17-19-5-3-7-22(15-19)33-2/h3,5,7-9,15-16,20H,4,6,10-14,17H2,1-2H3,(H,26,30). The van der Waals surface area contributed by atoms with Gasteiger partial charge in [-0.15, -0.1) is 0 Å². The average Bonchev–Trinajstić information content (AvgIpc) is 2.86. The van der Waals surface area contributed by atoms with E-state index in [-0.39, 0.29) is 22.6 Å². The second-order valence-corrected chi connectivity index (χ2v) is 10.8. The molecule has 1 fully saturated rings. The molecule has 182 valence electrons. The summed E-state index contributed by atoms with van der Waals surface area (Å²) in [5, 5.41) is 2.96. The number of aryl methyl sites for hydroxylation is 1. The number of ether oxygens (including phenoxy) is 1. The van der Waals surface area contributed by atoms with E-state index in [0.29, 0.717) is 39.0 Å². The van der Waals surface area contributed by atoms with Crippen LogP contribution in [0.15, 0.2) is 47.4 Å². The summed E-state index contributed by atoms with van der Waals surface area (Å²) in [4.78, 5) is 26.5. The van der Waals surface area contributed by atoms with Crippen LogP contribution >= 0.6 is 0 Å². The molecule has 2 heterocycles. The van der Waals surface area contributed by atoms with Crippen LogP contribution in [0.1, 0.15) is 37.3 Å². The molecule has 8 nitrogen and oxygen atoms in total. The van der Waals surface area contributed by atoms with Gasteiger partial charge >= 0.3 is 0 Å². The molecule has 1 saturated heterocycles. The fourth-order valence-electron chi connectivity index (χ4n) is 4.68. The molecule has 2 aliphatic rings. The molecule has 0 spiro atoms. The van der Waals surface area contributed by atoms with Crippen molar-refractivity contribution in [1.29, 1.82) is 0 Å². The number of carbonyl (C=O) groups excluding carboxylic acids is 2. The fourth-order valence-corrected chi connectivity index (χ4v) is 6.21. The third-order valence-corrected chi connectivity index (χ3v) is 8.51. The predicted octanol–water partition coefficient (Wildman–Crippen LogP) is 2.71. The van der Waals surface area contributed by atoms with Crippen molar-refractivity contribution in [2.45, 2.75) is 44.0 Å². The highest BCUT2D eigenvalue weighted by Crippen LogP contribution is 2.31. The average molecular weight is 486 g/mol. The van der Waals surface area contributed by atoms with E-state index >= 15 is 0 Å². The highest BCUT2D eigenvalue weighted by atomic mass is 32.2. The van der Waals surface area contributed by atoms with E-state index in [9.17, 15) is 18.0 Å². The largest absolute Gasteiger partial charge is 0.497 e. The van der Waals surface area contributed by atoms with Crippen LogP contribution < -0.4 is 15.0 Å². The minimum absolute atomic E-state index is 0.0386. The quantitative estimate of drug-likeness (QED) is 0.679. The number of hydrogen-bond acceptors (Lipinski definition) is 5. The van der Waals surface area contributed by atoms with Crippen LogP contribution in [0.3, 0.4) is 0 Å². The number of carbonyl (C=O) groups is 2. The van der Waals surface area contributed by atoms with E-state index in [0.717, 1.165) is 35.4 Å². The van der Waals surface area contributed by atoms with Crippen LogP contribution in [0, 0.1) is 5.92 Å². The van der Waals surface area contributed by atoms with Gasteiger partial charge < -0.3 is 15.0 Å². The number of benzene rings is 2. The summed E-state index contributed by atoms with van der Waals surface area (Å²) < 4.78 is 33.2. The Labute approximate surface area is 200 Å². The molecule has 1 N–H and O–H groups in total. The fraction of sp³-hybridized carbons (Fsp3) is 0.440. The zero-order valence-corrected chi connectivity index (χ0v) is 20.4. The summed E-state index contributed by atoms with van der Waals surface area (Å²) in [6.45, 7) is 3.19. The summed E-state index contributed by atoms with van der Waals surface area (Å²) in [5.41, 5.74) is 2.63. The molecule has 34 heavy (non-hydrogen) atoms. The second kappa shape index (κ2) is 10.1. The Morgan fingerprint density at radius 1 is 1.09 bits per heavy atom. The van der Waals surface area contributed by atoms with E-state index in [1.54, 1.807) is 30.2 Å². The first-order valence-corrected chi connectivity index (χ1v) is 13.1. The van der Waals surface area contributed by atoms with Gasteiger partial charge in [0.15, 0.2) is 0 Å². The van der Waals surface area contributed by atoms with Gasteiger partial charge in [-0.05, 0) is 67.1 Å². The van der Waals surface area contributed by atoms with Gasteiger partial charge in [0, 0.05) is 44.7 Å². The molecule has 0 radical (unpaired) electrons. The summed E-state index contributed by atoms with van der Waals surface area (Å²) in [6, 6.07) is 12.6. The smallest absolute Gasteiger partial charge is 0.243 e. The highest BCUT2D eigenvalue weighted by molar-refractivity contribution is 7.89. The number of sulfonamides is 1. The van der Waals surface area contributed by atoms with Gasteiger partial charge in [-0.25, -0.2) is 8.42 Å². The third kappa shape index (κ3) is 5.10. The maximum atomic E-state index is 13.3. The zero-order valence-electron chi connectivity index (χ0n) is 19.6. The molecule has 2 aliphatic heterocycles. The number of amides is 2. The summed E-state index contributed by atoms with van der Waals surface area (Å²) >= 11 is 0. The normalized spacial score (nSPS) is 17.2. The van der Waals surface area contributed by atoms with E-state index in [2.05, 4.69) is 5.32 Å². The molecule has 2 aromatic rings. The molecule has 0 bridgehead atoms. The van der Waals surface area contributed by atoms with E-state index in [1.807, 2.05) is 24.3 Å². The molecule has 2 amide bonds. The van der Waals surface area contributed by atoms with Crippen molar-refractivity contribution in [3.63, 3.8) is 0 Å². The lowest BCUT2D eigenvalue weighted by Gasteiger charge is -2.32. The number of anilines is 1. The van der Waals surface area contributed by atoms with Gasteiger partial charge in [-0.3, -0.25) is 9.59 Å². The van der Waals surface area contributed by atoms with E-state index in [4.69, 9.17) is 4.74 Å². The number of rotatable bonds is 6. The molecule has 0 atom stereocenters. The SMILES string of the molecule is COc1cccc(CNC(=O)C2CCN(S(=O)(=O)c3ccc4c(c3)CCCN4C(C)=O)CC2)c1. The molecular formula is C25H31N3O5S. The molecule has 4 rings (SSSR count). The summed E-state index contributed by atoms with van der Waals surface area (Å²) in [6.07, 6.45) is 2.52. The lowest BCUT2D eigenvalue weighted by molar-refractivity contribution is -0.126. The molecular weight excluding hydrogens is 454 g/mol. The Morgan fingerprint density at radius 3 is 2.56 bits per heavy atom. The number of nitrogens with zero attached hydrogens (tertiary/aromatic N) is 2. The Bertz CT molecular complexity index is 1170. The van der Waals surface area contributed by atoms with E-state index in [1.165, 1.54) is 11.2 Å². The molecule has 0 saturated carbocycles. The topological polar surface area (TPSA) is 96.0 Å². The number of nitrogens with one attached hydrogen (secondary N) is 1. The van der Waals surface area contributed by atoms with Crippen molar-refractivity contribution in [3.05, 3.63) is 53.6 Å². The minimum Gasteiger partial charge on any atom is -0.497 e. The van der Waals surface area contributed by atoms with Crippen molar-refractivity contribution < 1.29 is 22.7 Å². The summed E-state index contributed by atoms with van der Waals surface area (Å²) in [5.74, 6) is 0.424. The number of fused-ring (bicyclic) bond motifs is 1. The highest BCUT2D eigenvalue weighted by Gasteiger charge is 2.33. The Kier molecular flexibility index (Phi) is 7.23.